The fraction of sp³-hybridized carbons (Fsp3) is 0.0714. The highest BCUT2D eigenvalue weighted by molar-refractivity contribution is 9.10. The summed E-state index contributed by atoms with van der Waals surface area (Å²) in [5.74, 6) is 1.20. The second kappa shape index (κ2) is 5.00. The third-order valence-electron chi connectivity index (χ3n) is 3.06. The summed E-state index contributed by atoms with van der Waals surface area (Å²) < 4.78 is 7.87. The van der Waals surface area contributed by atoms with Crippen molar-refractivity contribution in [3.05, 3.63) is 46.0 Å². The minimum Gasteiger partial charge on any atom is -0.495 e. The molecule has 0 aliphatic carbocycles. The number of anilines is 1. The molecule has 2 heterocycles. The number of pyridine rings is 1. The van der Waals surface area contributed by atoms with Gasteiger partial charge in [0.2, 0.25) is 0 Å². The van der Waals surface area contributed by atoms with Crippen molar-refractivity contribution in [2.45, 2.75) is 0 Å². The molecular weight excluding hydrogens is 342 g/mol. The number of methoxy groups -OCH3 is 1. The summed E-state index contributed by atoms with van der Waals surface area (Å²) >= 11 is 9.62. The quantitative estimate of drug-likeness (QED) is 0.758. The Kier molecular flexibility index (Phi) is 3.31. The van der Waals surface area contributed by atoms with Crippen molar-refractivity contribution in [1.29, 1.82) is 0 Å². The van der Waals surface area contributed by atoms with Crippen LogP contribution in [0.3, 0.4) is 0 Å². The van der Waals surface area contributed by atoms with E-state index in [2.05, 4.69) is 20.9 Å². The van der Waals surface area contributed by atoms with E-state index in [-0.39, 0.29) is 0 Å². The first kappa shape index (κ1) is 13.3. The third kappa shape index (κ3) is 2.03. The lowest BCUT2D eigenvalue weighted by Gasteiger charge is -2.05. The molecule has 0 spiro atoms. The minimum absolute atomic E-state index is 0.528. The van der Waals surface area contributed by atoms with E-state index in [4.69, 9.17) is 22.1 Å². The minimum atomic E-state index is 0.528. The number of fused-ring (bicyclic) bond motifs is 1. The molecule has 0 radical (unpaired) electrons. The van der Waals surface area contributed by atoms with Gasteiger partial charge in [0.1, 0.15) is 17.3 Å². The summed E-state index contributed by atoms with van der Waals surface area (Å²) in [5.41, 5.74) is 8.48. The van der Waals surface area contributed by atoms with Crippen molar-refractivity contribution in [2.75, 3.05) is 12.8 Å². The van der Waals surface area contributed by atoms with Gasteiger partial charge >= 0.3 is 0 Å². The molecule has 4 nitrogen and oxygen atoms in total. The Hall–Kier alpha value is -1.72. The molecule has 0 amide bonds. The predicted octanol–water partition coefficient (Wildman–Crippen LogP) is 4.01. The van der Waals surface area contributed by atoms with E-state index >= 15 is 0 Å². The van der Waals surface area contributed by atoms with Gasteiger partial charge in [-0.05, 0) is 46.3 Å². The Balaban J connectivity index is 2.22. The van der Waals surface area contributed by atoms with Gasteiger partial charge < -0.3 is 10.5 Å². The normalized spacial score (nSPS) is 10.9. The number of halogens is 2. The number of nitrogens with zero attached hydrogens (tertiary/aromatic N) is 2. The van der Waals surface area contributed by atoms with Crippen LogP contribution in [0, 0.1) is 0 Å². The third-order valence-corrected chi connectivity index (χ3v) is 3.98. The van der Waals surface area contributed by atoms with Crippen LogP contribution in [0.5, 0.6) is 5.75 Å². The lowest BCUT2D eigenvalue weighted by molar-refractivity contribution is 0.415. The Morgan fingerprint density at radius 1 is 1.35 bits per heavy atom. The summed E-state index contributed by atoms with van der Waals surface area (Å²) in [6.45, 7) is 0. The Morgan fingerprint density at radius 2 is 2.15 bits per heavy atom. The predicted molar refractivity (Wildman–Crippen MR) is 84.3 cm³/mol. The van der Waals surface area contributed by atoms with Crippen LogP contribution < -0.4 is 10.5 Å². The van der Waals surface area contributed by atoms with E-state index in [1.54, 1.807) is 19.2 Å². The number of aromatic nitrogens is 2. The summed E-state index contributed by atoms with van der Waals surface area (Å²) in [4.78, 5) is 4.57. The van der Waals surface area contributed by atoms with Gasteiger partial charge in [-0.1, -0.05) is 11.6 Å². The van der Waals surface area contributed by atoms with Crippen molar-refractivity contribution in [3.8, 4) is 17.0 Å². The molecule has 2 aromatic heterocycles. The number of nitrogen functional groups attached to an aromatic ring is 1. The van der Waals surface area contributed by atoms with Crippen molar-refractivity contribution in [2.24, 2.45) is 0 Å². The van der Waals surface area contributed by atoms with Gasteiger partial charge in [-0.2, -0.15) is 0 Å². The molecule has 3 aromatic rings. The van der Waals surface area contributed by atoms with Crippen molar-refractivity contribution >= 4 is 39.0 Å². The van der Waals surface area contributed by atoms with Crippen LogP contribution in [0.15, 0.2) is 41.0 Å². The molecule has 0 fully saturated rings. The van der Waals surface area contributed by atoms with Crippen LogP contribution in [0.1, 0.15) is 0 Å². The SMILES string of the molecule is COc1ccc(-c2nc3c(Br)cccn3c2N)cc1Cl. The number of rotatable bonds is 2. The second-order valence-corrected chi connectivity index (χ2v) is 5.51. The molecule has 3 rings (SSSR count). The lowest BCUT2D eigenvalue weighted by Crippen LogP contribution is -1.94. The molecular formula is C14H11BrClN3O. The van der Waals surface area contributed by atoms with Crippen LogP contribution in [-0.4, -0.2) is 16.5 Å². The monoisotopic (exact) mass is 351 g/mol. The average Bonchev–Trinajstić information content (AvgIpc) is 2.78. The van der Waals surface area contributed by atoms with E-state index in [9.17, 15) is 0 Å². The zero-order valence-corrected chi connectivity index (χ0v) is 12.9. The maximum Gasteiger partial charge on any atom is 0.153 e. The molecule has 20 heavy (non-hydrogen) atoms. The van der Waals surface area contributed by atoms with Gasteiger partial charge in [-0.25, -0.2) is 4.98 Å². The van der Waals surface area contributed by atoms with Crippen LogP contribution in [-0.2, 0) is 0 Å². The maximum absolute atomic E-state index is 6.17. The number of hydrogen-bond donors (Lipinski definition) is 1. The topological polar surface area (TPSA) is 52.5 Å². The van der Waals surface area contributed by atoms with Crippen LogP contribution in [0.25, 0.3) is 16.9 Å². The average molecular weight is 353 g/mol. The highest BCUT2D eigenvalue weighted by atomic mass is 79.9. The van der Waals surface area contributed by atoms with Crippen molar-refractivity contribution in [3.63, 3.8) is 0 Å². The molecule has 0 atom stereocenters. The van der Waals surface area contributed by atoms with Gasteiger partial charge in [-0.3, -0.25) is 4.40 Å². The van der Waals surface area contributed by atoms with E-state index in [0.29, 0.717) is 22.3 Å². The van der Waals surface area contributed by atoms with Crippen LogP contribution >= 0.6 is 27.5 Å². The molecule has 2 N–H and O–H groups in total. The summed E-state index contributed by atoms with van der Waals surface area (Å²) in [6, 6.07) is 9.31. The fourth-order valence-electron chi connectivity index (χ4n) is 2.08. The number of benzene rings is 1. The number of hydrogen-bond acceptors (Lipinski definition) is 3. The zero-order valence-electron chi connectivity index (χ0n) is 10.6. The summed E-state index contributed by atoms with van der Waals surface area (Å²) in [5, 5.41) is 0.528. The Morgan fingerprint density at radius 3 is 2.80 bits per heavy atom. The molecule has 6 heteroatoms. The van der Waals surface area contributed by atoms with Gasteiger partial charge in [-0.15, -0.1) is 0 Å². The molecule has 0 unspecified atom stereocenters. The molecule has 0 bridgehead atoms. The van der Waals surface area contributed by atoms with E-state index in [1.807, 2.05) is 28.8 Å². The van der Waals surface area contributed by atoms with Gasteiger partial charge in [0.25, 0.3) is 0 Å². The Labute approximate surface area is 129 Å². The van der Waals surface area contributed by atoms with E-state index in [1.165, 1.54) is 0 Å². The second-order valence-electron chi connectivity index (χ2n) is 4.24. The first-order valence-corrected chi connectivity index (χ1v) is 7.05. The largest absolute Gasteiger partial charge is 0.495 e. The number of ether oxygens (including phenoxy) is 1. The van der Waals surface area contributed by atoms with Crippen LogP contribution in [0.2, 0.25) is 5.02 Å². The summed E-state index contributed by atoms with van der Waals surface area (Å²) in [7, 11) is 1.58. The highest BCUT2D eigenvalue weighted by Gasteiger charge is 2.14. The standard InChI is InChI=1S/C14H11BrClN3O/c1-20-11-5-4-8(7-10(11)16)12-13(17)19-6-2-3-9(15)14(19)18-12/h2-7H,17H2,1H3. The Bertz CT molecular complexity index is 800. The smallest absolute Gasteiger partial charge is 0.153 e. The molecule has 0 saturated carbocycles. The van der Waals surface area contributed by atoms with Gasteiger partial charge in [0.15, 0.2) is 5.65 Å². The molecule has 102 valence electrons. The first-order chi connectivity index (χ1) is 9.61. The van der Waals surface area contributed by atoms with Crippen LogP contribution in [0.4, 0.5) is 5.82 Å². The van der Waals surface area contributed by atoms with E-state index < -0.39 is 0 Å². The van der Waals surface area contributed by atoms with Crippen molar-refractivity contribution in [1.82, 2.24) is 9.38 Å². The first-order valence-electron chi connectivity index (χ1n) is 5.88. The maximum atomic E-state index is 6.17. The summed E-state index contributed by atoms with van der Waals surface area (Å²) in [6.07, 6.45) is 1.87. The lowest BCUT2D eigenvalue weighted by atomic mass is 10.1. The fourth-order valence-corrected chi connectivity index (χ4v) is 2.77. The van der Waals surface area contributed by atoms with Crippen molar-refractivity contribution < 1.29 is 4.74 Å². The van der Waals surface area contributed by atoms with Gasteiger partial charge in [0, 0.05) is 11.8 Å². The van der Waals surface area contributed by atoms with Gasteiger partial charge in [0.05, 0.1) is 16.6 Å². The van der Waals surface area contributed by atoms with E-state index in [0.717, 1.165) is 15.7 Å². The number of imidazole rings is 1. The number of nitrogens with two attached hydrogens (primary N) is 1. The zero-order chi connectivity index (χ0) is 14.3. The molecule has 0 aliphatic rings. The highest BCUT2D eigenvalue weighted by Crippen LogP contribution is 2.33. The molecule has 1 aromatic carbocycles. The molecule has 0 aliphatic heterocycles. The molecule has 0 saturated heterocycles.